The monoisotopic (exact) mass is 255 g/mol. The van der Waals surface area contributed by atoms with Crippen molar-refractivity contribution in [1.82, 2.24) is 0 Å². The first-order valence-corrected chi connectivity index (χ1v) is 5.99. The van der Waals surface area contributed by atoms with Crippen LogP contribution in [0.5, 0.6) is 0 Å². The fraction of sp³-hybridized carbons (Fsp3) is 0.100. The molecule has 0 aliphatic carbocycles. The van der Waals surface area contributed by atoms with Crippen molar-refractivity contribution >= 4 is 30.1 Å². The molecule has 2 aromatic rings. The molecule has 1 aromatic heterocycles. The molecule has 1 atom stereocenters. The molecule has 0 radical (unpaired) electrons. The molecule has 3 N–H and O–H groups in total. The van der Waals surface area contributed by atoms with E-state index in [1.807, 2.05) is 29.2 Å². The molecule has 3 nitrogen and oxygen atoms in total. The van der Waals surface area contributed by atoms with Crippen LogP contribution in [0.25, 0.3) is 9.65 Å². The Bertz CT molecular complexity index is 478. The summed E-state index contributed by atoms with van der Waals surface area (Å²) in [5.74, 6) is -0.969. The fourth-order valence-corrected chi connectivity index (χ4v) is 3.47. The van der Waals surface area contributed by atoms with Gasteiger partial charge in [0.25, 0.3) is 0 Å². The SMILES string of the molecule is NC(C(=O)O)c1c[se]c2ccccc12. The Hall–Kier alpha value is -1.09. The molecule has 14 heavy (non-hydrogen) atoms. The van der Waals surface area contributed by atoms with Gasteiger partial charge in [0.15, 0.2) is 0 Å². The van der Waals surface area contributed by atoms with Crippen molar-refractivity contribution in [3.8, 4) is 0 Å². The third kappa shape index (κ3) is 1.48. The van der Waals surface area contributed by atoms with Crippen LogP contribution in [0.3, 0.4) is 0 Å². The summed E-state index contributed by atoms with van der Waals surface area (Å²) < 4.78 is 1.21. The first-order valence-electron chi connectivity index (χ1n) is 4.14. The van der Waals surface area contributed by atoms with Crippen molar-refractivity contribution in [1.29, 1.82) is 0 Å². The number of nitrogens with two attached hydrogens (primary N) is 1. The number of fused-ring (bicyclic) bond motifs is 1. The van der Waals surface area contributed by atoms with Crippen molar-refractivity contribution in [2.75, 3.05) is 0 Å². The zero-order valence-electron chi connectivity index (χ0n) is 7.31. The van der Waals surface area contributed by atoms with Gasteiger partial charge in [-0.05, 0) is 0 Å². The predicted molar refractivity (Wildman–Crippen MR) is 55.5 cm³/mol. The van der Waals surface area contributed by atoms with Crippen LogP contribution in [0.15, 0.2) is 29.2 Å². The van der Waals surface area contributed by atoms with Gasteiger partial charge in [-0.3, -0.25) is 0 Å². The summed E-state index contributed by atoms with van der Waals surface area (Å²) >= 11 is 0.235. The van der Waals surface area contributed by atoms with Gasteiger partial charge in [0.2, 0.25) is 0 Å². The summed E-state index contributed by atoms with van der Waals surface area (Å²) in [7, 11) is 0. The number of hydrogen-bond acceptors (Lipinski definition) is 2. The first kappa shape index (κ1) is 9.46. The number of hydrogen-bond donors (Lipinski definition) is 2. The molecule has 1 heterocycles. The quantitative estimate of drug-likeness (QED) is 0.785. The number of carboxylic acids is 1. The number of rotatable bonds is 2. The van der Waals surface area contributed by atoms with Crippen LogP contribution in [0.4, 0.5) is 0 Å². The van der Waals surface area contributed by atoms with Gasteiger partial charge in [-0.25, -0.2) is 0 Å². The molecule has 2 rings (SSSR count). The molecule has 72 valence electrons. The molecule has 1 aromatic carbocycles. The van der Waals surface area contributed by atoms with Crippen molar-refractivity contribution < 1.29 is 9.90 Å². The number of aliphatic carboxylic acids is 1. The van der Waals surface area contributed by atoms with Gasteiger partial charge in [0, 0.05) is 0 Å². The molecule has 0 spiro atoms. The predicted octanol–water partition coefficient (Wildman–Crippen LogP) is 0.981. The maximum absolute atomic E-state index is 10.7. The normalized spacial score (nSPS) is 12.9. The van der Waals surface area contributed by atoms with E-state index in [1.54, 1.807) is 0 Å². The van der Waals surface area contributed by atoms with Gasteiger partial charge < -0.3 is 0 Å². The van der Waals surface area contributed by atoms with E-state index in [0.29, 0.717) is 0 Å². The standard InChI is InChI=1S/C10H9NO2Se/c11-9(10(12)13)7-5-14-8-4-2-1-3-6(7)8/h1-5,9H,11H2,(H,12,13). The summed E-state index contributed by atoms with van der Waals surface area (Å²) in [5.41, 5.74) is 6.34. The van der Waals surface area contributed by atoms with Gasteiger partial charge in [-0.2, -0.15) is 0 Å². The Labute approximate surface area is 86.9 Å². The second kappa shape index (κ2) is 3.58. The summed E-state index contributed by atoms with van der Waals surface area (Å²) in [4.78, 5) is 12.7. The van der Waals surface area contributed by atoms with E-state index in [2.05, 4.69) is 0 Å². The molecule has 1 unspecified atom stereocenters. The Morgan fingerprint density at radius 2 is 2.14 bits per heavy atom. The fourth-order valence-electron chi connectivity index (χ4n) is 1.37. The van der Waals surface area contributed by atoms with Crippen LogP contribution in [0.2, 0.25) is 0 Å². The summed E-state index contributed by atoms with van der Waals surface area (Å²) in [6.07, 6.45) is 0. The Kier molecular flexibility index (Phi) is 2.42. The van der Waals surface area contributed by atoms with Crippen LogP contribution in [0.1, 0.15) is 11.6 Å². The van der Waals surface area contributed by atoms with E-state index in [9.17, 15) is 4.79 Å². The summed E-state index contributed by atoms with van der Waals surface area (Å²) in [5, 5.41) is 9.81. The first-order chi connectivity index (χ1) is 6.70. The second-order valence-corrected chi connectivity index (χ2v) is 4.91. The van der Waals surface area contributed by atoms with Crippen molar-refractivity contribution in [3.05, 3.63) is 34.8 Å². The Balaban J connectivity index is 2.58. The number of carbonyl (C=O) groups is 1. The number of benzene rings is 1. The Morgan fingerprint density at radius 1 is 1.43 bits per heavy atom. The average molecular weight is 254 g/mol. The van der Waals surface area contributed by atoms with Gasteiger partial charge in [-0.15, -0.1) is 0 Å². The molecule has 0 saturated carbocycles. The third-order valence-corrected chi connectivity index (χ3v) is 4.17. The van der Waals surface area contributed by atoms with Gasteiger partial charge in [0.05, 0.1) is 0 Å². The molecular formula is C10H9NO2Se. The molecule has 0 amide bonds. The van der Waals surface area contributed by atoms with Crippen molar-refractivity contribution in [2.45, 2.75) is 6.04 Å². The molecule has 4 heteroatoms. The zero-order valence-corrected chi connectivity index (χ0v) is 9.02. The molecule has 0 saturated heterocycles. The topological polar surface area (TPSA) is 63.3 Å². The van der Waals surface area contributed by atoms with E-state index in [0.717, 1.165) is 10.9 Å². The van der Waals surface area contributed by atoms with E-state index < -0.39 is 12.0 Å². The molecule has 0 bridgehead atoms. The minimum atomic E-state index is -0.969. The van der Waals surface area contributed by atoms with Gasteiger partial charge in [-0.1, -0.05) is 0 Å². The van der Waals surface area contributed by atoms with E-state index in [-0.39, 0.29) is 14.5 Å². The average Bonchev–Trinajstić information content (AvgIpc) is 2.60. The zero-order chi connectivity index (χ0) is 10.1. The van der Waals surface area contributed by atoms with E-state index >= 15 is 0 Å². The second-order valence-electron chi connectivity index (χ2n) is 3.00. The van der Waals surface area contributed by atoms with E-state index in [4.69, 9.17) is 10.8 Å². The molecule has 0 aliphatic heterocycles. The number of carboxylic acid groups (broad SMARTS) is 1. The van der Waals surface area contributed by atoms with Crippen molar-refractivity contribution in [3.63, 3.8) is 0 Å². The van der Waals surface area contributed by atoms with Crippen molar-refractivity contribution in [2.24, 2.45) is 5.73 Å². The van der Waals surface area contributed by atoms with Crippen LogP contribution in [0, 0.1) is 0 Å². The summed E-state index contributed by atoms with van der Waals surface area (Å²) in [6, 6.07) is 6.93. The maximum atomic E-state index is 10.7. The van der Waals surface area contributed by atoms with Crippen LogP contribution < -0.4 is 5.73 Å². The third-order valence-electron chi connectivity index (χ3n) is 2.11. The van der Waals surface area contributed by atoms with Gasteiger partial charge >= 0.3 is 86.6 Å². The van der Waals surface area contributed by atoms with Crippen LogP contribution in [-0.4, -0.2) is 25.6 Å². The minimum absolute atomic E-state index is 0.235. The van der Waals surface area contributed by atoms with E-state index in [1.165, 1.54) is 4.26 Å². The van der Waals surface area contributed by atoms with Crippen LogP contribution in [-0.2, 0) is 4.79 Å². The Morgan fingerprint density at radius 3 is 2.86 bits per heavy atom. The van der Waals surface area contributed by atoms with Gasteiger partial charge in [0.1, 0.15) is 0 Å². The van der Waals surface area contributed by atoms with Crippen LogP contribution >= 0.6 is 0 Å². The molecule has 0 fully saturated rings. The molecule has 0 aliphatic rings. The molecular weight excluding hydrogens is 245 g/mol. The summed E-state index contributed by atoms with van der Waals surface area (Å²) in [6.45, 7) is 0.